The maximum Gasteiger partial charge on any atom is 0.271 e. The Morgan fingerprint density at radius 3 is 2.77 bits per heavy atom. The topological polar surface area (TPSA) is 124 Å². The van der Waals surface area contributed by atoms with Gasteiger partial charge in [0, 0.05) is 17.1 Å². The normalized spacial score (nSPS) is 10.9. The lowest BCUT2D eigenvalue weighted by Crippen LogP contribution is -2.41. The molecule has 3 N–H and O–H groups in total. The highest BCUT2D eigenvalue weighted by Crippen LogP contribution is 2.18. The van der Waals surface area contributed by atoms with E-state index in [-0.39, 0.29) is 24.1 Å². The number of hydrogen-bond donors (Lipinski definition) is 2. The third kappa shape index (κ3) is 5.19. The fraction of sp³-hybridized carbons (Fsp3) is 0.389. The highest BCUT2D eigenvalue weighted by Gasteiger charge is 2.19. The maximum atomic E-state index is 12.6. The summed E-state index contributed by atoms with van der Waals surface area (Å²) in [6, 6.07) is 5.79. The molecule has 0 atom stereocenters. The van der Waals surface area contributed by atoms with E-state index in [0.717, 1.165) is 16.3 Å². The number of aromatic nitrogens is 5. The van der Waals surface area contributed by atoms with Crippen molar-refractivity contribution < 1.29 is 9.59 Å². The Balaban J connectivity index is 1.55. The van der Waals surface area contributed by atoms with Gasteiger partial charge in [-0.2, -0.15) is 5.10 Å². The van der Waals surface area contributed by atoms with Crippen LogP contribution in [0.25, 0.3) is 5.95 Å². The second-order valence-electron chi connectivity index (χ2n) is 6.54. The van der Waals surface area contributed by atoms with Gasteiger partial charge in [0.05, 0.1) is 24.5 Å². The molecule has 0 aliphatic rings. The number of carbonyl (C=O) groups excluding carboxylic acids is 2. The number of nitrogens with zero attached hydrogens (tertiary/aromatic N) is 6. The summed E-state index contributed by atoms with van der Waals surface area (Å²) >= 11 is 2.74. The molecule has 0 saturated carbocycles. The second kappa shape index (κ2) is 9.76. The van der Waals surface area contributed by atoms with Crippen molar-refractivity contribution in [3.05, 3.63) is 39.8 Å². The Hall–Kier alpha value is -2.86. The Labute approximate surface area is 182 Å². The Morgan fingerprint density at radius 2 is 2.13 bits per heavy atom. The molecule has 2 amide bonds. The maximum absolute atomic E-state index is 12.6. The number of amides is 2. The van der Waals surface area contributed by atoms with Crippen LogP contribution in [-0.2, 0) is 16.1 Å². The van der Waals surface area contributed by atoms with Crippen molar-refractivity contribution >= 4 is 34.9 Å². The highest BCUT2D eigenvalue weighted by molar-refractivity contribution is 7.99. The predicted molar refractivity (Wildman–Crippen MR) is 116 cm³/mol. The molecule has 0 saturated heterocycles. The van der Waals surface area contributed by atoms with Crippen molar-refractivity contribution in [1.82, 2.24) is 34.9 Å². The zero-order valence-electron chi connectivity index (χ0n) is 17.0. The molecular weight excluding hydrogens is 424 g/mol. The van der Waals surface area contributed by atoms with Gasteiger partial charge in [0.25, 0.3) is 5.95 Å². The SMILES string of the molecule is CCN(CC(=O)NCc1cccs1)C(=O)CSc1nnc(-n2nc(C)cc2C)n1N. The standard InChI is InChI=1S/C18H24N8O2S2/c1-4-24(10-15(27)20-9-14-6-5-7-29-14)16(28)11-30-18-22-21-17(25(18)19)26-13(3)8-12(2)23-26/h5-8H,4,9-11,19H2,1-3H3,(H,20,27). The van der Waals surface area contributed by atoms with Crippen molar-refractivity contribution in [3.8, 4) is 5.95 Å². The minimum absolute atomic E-state index is 0.00753. The van der Waals surface area contributed by atoms with E-state index >= 15 is 0 Å². The van der Waals surface area contributed by atoms with E-state index in [0.29, 0.717) is 24.2 Å². The van der Waals surface area contributed by atoms with Crippen molar-refractivity contribution in [2.45, 2.75) is 32.5 Å². The molecule has 3 heterocycles. The molecule has 12 heteroatoms. The van der Waals surface area contributed by atoms with Crippen LogP contribution in [0.15, 0.2) is 28.7 Å². The van der Waals surface area contributed by atoms with E-state index in [1.54, 1.807) is 16.0 Å². The molecule has 160 valence electrons. The monoisotopic (exact) mass is 448 g/mol. The molecule has 0 bridgehead atoms. The van der Waals surface area contributed by atoms with E-state index < -0.39 is 0 Å². The van der Waals surface area contributed by atoms with Crippen LogP contribution in [0.2, 0.25) is 0 Å². The first kappa shape index (κ1) is 21.8. The van der Waals surface area contributed by atoms with E-state index in [2.05, 4.69) is 20.6 Å². The van der Waals surface area contributed by atoms with E-state index in [9.17, 15) is 9.59 Å². The number of rotatable bonds is 9. The lowest BCUT2D eigenvalue weighted by molar-refractivity contribution is -0.133. The number of likely N-dealkylation sites (N-methyl/N-ethyl adjacent to an activating group) is 1. The van der Waals surface area contributed by atoms with Crippen LogP contribution >= 0.6 is 23.1 Å². The molecular formula is C18H24N8O2S2. The summed E-state index contributed by atoms with van der Waals surface area (Å²) in [6.45, 7) is 6.51. The lowest BCUT2D eigenvalue weighted by Gasteiger charge is -2.20. The number of nitrogen functional groups attached to an aromatic ring is 1. The van der Waals surface area contributed by atoms with Gasteiger partial charge in [0.2, 0.25) is 17.0 Å². The first-order chi connectivity index (χ1) is 14.4. The van der Waals surface area contributed by atoms with Gasteiger partial charge in [0.15, 0.2) is 0 Å². The molecule has 30 heavy (non-hydrogen) atoms. The summed E-state index contributed by atoms with van der Waals surface area (Å²) in [5.74, 6) is 6.19. The number of nitrogens with one attached hydrogen (secondary N) is 1. The van der Waals surface area contributed by atoms with Crippen molar-refractivity contribution in [1.29, 1.82) is 0 Å². The van der Waals surface area contributed by atoms with Crippen molar-refractivity contribution in [3.63, 3.8) is 0 Å². The van der Waals surface area contributed by atoms with Crippen molar-refractivity contribution in [2.75, 3.05) is 24.7 Å². The van der Waals surface area contributed by atoms with E-state index in [1.165, 1.54) is 21.3 Å². The molecule has 0 aliphatic carbocycles. The first-order valence-corrected chi connectivity index (χ1v) is 11.2. The zero-order valence-corrected chi connectivity index (χ0v) is 18.7. The number of hydrogen-bond acceptors (Lipinski definition) is 8. The summed E-state index contributed by atoms with van der Waals surface area (Å²) < 4.78 is 2.91. The van der Waals surface area contributed by atoms with Crippen molar-refractivity contribution in [2.24, 2.45) is 0 Å². The molecule has 3 rings (SSSR count). The summed E-state index contributed by atoms with van der Waals surface area (Å²) in [5.41, 5.74) is 1.72. The molecule has 0 unspecified atom stereocenters. The molecule has 3 aromatic heterocycles. The summed E-state index contributed by atoms with van der Waals surface area (Å²) in [7, 11) is 0. The average molecular weight is 449 g/mol. The molecule has 0 radical (unpaired) electrons. The predicted octanol–water partition coefficient (Wildman–Crippen LogP) is 1.11. The number of carbonyl (C=O) groups is 2. The summed E-state index contributed by atoms with van der Waals surface area (Å²) in [5, 5.41) is 17.7. The van der Waals surface area contributed by atoms with Gasteiger partial charge in [-0.25, -0.2) is 9.36 Å². The fourth-order valence-corrected chi connectivity index (χ4v) is 4.16. The van der Waals surface area contributed by atoms with Gasteiger partial charge >= 0.3 is 0 Å². The second-order valence-corrected chi connectivity index (χ2v) is 8.52. The minimum atomic E-state index is -0.197. The van der Waals surface area contributed by atoms with Gasteiger partial charge < -0.3 is 16.1 Å². The van der Waals surface area contributed by atoms with E-state index in [1.807, 2.05) is 44.4 Å². The first-order valence-electron chi connectivity index (χ1n) is 9.32. The average Bonchev–Trinajstić information content (AvgIpc) is 3.43. The van der Waals surface area contributed by atoms with Crippen LogP contribution < -0.4 is 11.2 Å². The Kier molecular flexibility index (Phi) is 7.11. The third-order valence-corrected chi connectivity index (χ3v) is 6.08. The molecule has 0 spiro atoms. The number of thioether (sulfide) groups is 1. The van der Waals surface area contributed by atoms with Crippen LogP contribution in [0.4, 0.5) is 0 Å². The van der Waals surface area contributed by atoms with Crippen LogP contribution in [-0.4, -0.2) is 60.2 Å². The third-order valence-electron chi connectivity index (χ3n) is 4.28. The number of thiophene rings is 1. The fourth-order valence-electron chi connectivity index (χ4n) is 2.77. The van der Waals surface area contributed by atoms with Gasteiger partial charge in [-0.15, -0.1) is 21.5 Å². The molecule has 0 aromatic carbocycles. The quantitative estimate of drug-likeness (QED) is 0.371. The molecule has 10 nitrogen and oxygen atoms in total. The van der Waals surface area contributed by atoms with Gasteiger partial charge in [-0.1, -0.05) is 17.8 Å². The Morgan fingerprint density at radius 1 is 1.33 bits per heavy atom. The molecule has 3 aromatic rings. The lowest BCUT2D eigenvalue weighted by atomic mass is 10.4. The van der Waals surface area contributed by atoms with Gasteiger partial charge in [0.1, 0.15) is 0 Å². The highest BCUT2D eigenvalue weighted by atomic mass is 32.2. The Bertz CT molecular complexity index is 1010. The van der Waals surface area contributed by atoms with Crippen LogP contribution in [0, 0.1) is 13.8 Å². The van der Waals surface area contributed by atoms with E-state index in [4.69, 9.17) is 5.84 Å². The largest absolute Gasteiger partial charge is 0.350 e. The minimum Gasteiger partial charge on any atom is -0.350 e. The van der Waals surface area contributed by atoms with Crippen LogP contribution in [0.3, 0.4) is 0 Å². The van der Waals surface area contributed by atoms with Crippen LogP contribution in [0.1, 0.15) is 23.2 Å². The number of aryl methyl sites for hydroxylation is 2. The summed E-state index contributed by atoms with van der Waals surface area (Å²) in [4.78, 5) is 27.3. The smallest absolute Gasteiger partial charge is 0.271 e. The van der Waals surface area contributed by atoms with Crippen LogP contribution in [0.5, 0.6) is 0 Å². The van der Waals surface area contributed by atoms with Gasteiger partial charge in [-0.3, -0.25) is 9.59 Å². The van der Waals surface area contributed by atoms with Gasteiger partial charge in [-0.05, 0) is 38.3 Å². The number of nitrogens with two attached hydrogens (primary N) is 1. The zero-order chi connectivity index (χ0) is 21.7. The molecule has 0 aliphatic heterocycles. The summed E-state index contributed by atoms with van der Waals surface area (Å²) in [6.07, 6.45) is 0. The molecule has 0 fully saturated rings.